The summed E-state index contributed by atoms with van der Waals surface area (Å²) < 4.78 is 0. The third kappa shape index (κ3) is 88.7. The van der Waals surface area contributed by atoms with E-state index in [1.165, 1.54) is 0 Å². The standard InChI is InChI=1S/C116H4/c1-3-5-7-9-11-13-15-17-19-21-23-25-27-29-31-33-35-37-39-41-43-45-47-49-51-53-55-57-59-61-63-65-67-69-71-73-75-77-79-81-83-85-87-89-91-93-95-97-99-101-103-105-107-109-111-113-115-116-114-112-110-108-106-104-102-100-98-96-94-92-90-88-86-84-82-80-78-76-74-72-70-68-66-64-62-60-58-56-54-52-50-48-46-44-42-40-38-36-34-32-30-28-26-24-22-20-18-16-14-12-10-8-6-4-2/h1-2H2. The van der Waals surface area contributed by atoms with E-state index < -0.39 is 0 Å². The molecule has 0 aliphatic heterocycles. The predicted octanol–water partition coefficient (Wildman–Crippen LogP) is 18.5. The highest BCUT2D eigenvalue weighted by Crippen LogP contribution is 1.68. The van der Waals surface area contributed by atoms with Crippen LogP contribution in [0.2, 0.25) is 0 Å². The monoisotopic (exact) mass is 1400 g/mol. The fraction of sp³-hybridized carbons (Fsp3) is 0. The summed E-state index contributed by atoms with van der Waals surface area (Å²) in [5.41, 5.74) is 284. The van der Waals surface area contributed by atoms with Crippen molar-refractivity contribution in [2.24, 2.45) is 0 Å². The second kappa shape index (κ2) is 89.7. The summed E-state index contributed by atoms with van der Waals surface area (Å²) in [7, 11) is 0. The van der Waals surface area contributed by atoms with Gasteiger partial charge in [0, 0.05) is 550 Å². The van der Waals surface area contributed by atoms with Gasteiger partial charge in [-0.2, -0.15) is 0 Å². The van der Waals surface area contributed by atoms with Crippen LogP contribution in [0.4, 0.5) is 0 Å². The van der Waals surface area contributed by atoms with Crippen molar-refractivity contribution in [1.29, 1.82) is 0 Å². The van der Waals surface area contributed by atoms with Crippen molar-refractivity contribution in [2.45, 2.75) is 0 Å². The fourth-order valence-electron chi connectivity index (χ4n) is 3.53. The smallest absolute Gasteiger partial charge is 0 e. The fourth-order valence-corrected chi connectivity index (χ4v) is 3.53. The molecule has 468 valence electrons. The zero-order valence-electron chi connectivity index (χ0n) is 58.4. The minimum absolute atomic E-state index is 2.37. The van der Waals surface area contributed by atoms with E-state index in [9.17, 15) is 0 Å². The van der Waals surface area contributed by atoms with Gasteiger partial charge in [-0.15, -0.1) is 0 Å². The Morgan fingerprint density at radius 2 is 0.0690 bits per heavy atom. The van der Waals surface area contributed by atoms with Crippen LogP contribution in [0.25, 0.3) is 0 Å². The van der Waals surface area contributed by atoms with Gasteiger partial charge >= 0.3 is 0 Å². The van der Waals surface area contributed by atoms with Crippen LogP contribution in [0.1, 0.15) is 0 Å². The first kappa shape index (κ1) is 90.7. The predicted molar refractivity (Wildman–Crippen MR) is 412 cm³/mol. The molecule has 0 aliphatic carbocycles. The van der Waals surface area contributed by atoms with Crippen LogP contribution in [-0.2, 0) is 0 Å². The van der Waals surface area contributed by atoms with Gasteiger partial charge in [0.1, 0.15) is 0 Å². The summed E-state index contributed by atoms with van der Waals surface area (Å²) in [6.07, 6.45) is 0. The summed E-state index contributed by atoms with van der Waals surface area (Å²) in [5.74, 6) is 0. The Labute approximate surface area is 661 Å². The highest BCUT2D eigenvalue weighted by molar-refractivity contribution is 5.04. The van der Waals surface area contributed by atoms with E-state index in [0.29, 0.717) is 0 Å². The van der Waals surface area contributed by atoms with E-state index in [4.69, 9.17) is 0 Å². The summed E-state index contributed by atoms with van der Waals surface area (Å²) in [6, 6.07) is 0. The molecule has 116 heavy (non-hydrogen) atoms. The van der Waals surface area contributed by atoms with Crippen LogP contribution in [-0.4, -0.2) is 0 Å². The van der Waals surface area contributed by atoms with Crippen molar-refractivity contribution in [2.75, 3.05) is 0 Å². The largest absolute Gasteiger partial charge is 0.0687 e. The Morgan fingerprint density at radius 1 is 0.0431 bits per heavy atom. The van der Waals surface area contributed by atoms with Crippen LogP contribution in [0.5, 0.6) is 0 Å². The first-order valence-electron chi connectivity index (χ1n) is 29.0. The minimum Gasteiger partial charge on any atom is -0.0687 e. The maximum atomic E-state index is 3.32. The molecule has 0 amide bonds. The molecule has 0 nitrogen and oxygen atoms in total. The van der Waals surface area contributed by atoms with Gasteiger partial charge < -0.3 is 0 Å². The van der Waals surface area contributed by atoms with Crippen LogP contribution in [0.15, 0.2) is 667 Å². The second-order valence-corrected chi connectivity index (χ2v) is 14.4. The summed E-state index contributed by atoms with van der Waals surface area (Å²) in [5, 5.41) is 0. The van der Waals surface area contributed by atoms with Gasteiger partial charge in [-0.3, -0.25) is 0 Å². The molecular weight excluding hydrogens is 1390 g/mol. The second-order valence-electron chi connectivity index (χ2n) is 14.4. The molecule has 0 fully saturated rings. The zero-order chi connectivity index (χ0) is 82.6. The molecule has 0 aromatic rings. The average molecular weight is 1400 g/mol. The van der Waals surface area contributed by atoms with Crippen molar-refractivity contribution in [1.82, 2.24) is 0 Å². The van der Waals surface area contributed by atoms with Crippen LogP contribution in [0.3, 0.4) is 0 Å². The van der Waals surface area contributed by atoms with E-state index in [1.54, 1.807) is 0 Å². The maximum Gasteiger partial charge on any atom is 0 e. The lowest BCUT2D eigenvalue weighted by atomic mass is 10.6. The number of hydrogen-bond donors (Lipinski definition) is 0. The van der Waals surface area contributed by atoms with Gasteiger partial charge in [-0.1, -0.05) is 11.5 Å². The highest BCUT2D eigenvalue weighted by Gasteiger charge is 1.52. The van der Waals surface area contributed by atoms with Gasteiger partial charge in [-0.05, 0) is 105 Å². The van der Waals surface area contributed by atoms with Crippen molar-refractivity contribution in [3.63, 3.8) is 0 Å². The van der Waals surface area contributed by atoms with Gasteiger partial charge in [0.15, 0.2) is 0 Å². The maximum absolute atomic E-state index is 3.32. The molecule has 0 atom stereocenters. The molecule has 0 saturated carbocycles. The average Bonchev–Trinajstić information content (AvgIpc) is 1.67. The van der Waals surface area contributed by atoms with Gasteiger partial charge in [0.05, 0.1) is 0 Å². The lowest BCUT2D eigenvalue weighted by molar-refractivity contribution is 2.10. The van der Waals surface area contributed by atoms with E-state index in [-0.39, 0.29) is 0 Å². The van der Waals surface area contributed by atoms with Gasteiger partial charge in [-0.25, -0.2) is 0 Å². The third-order valence-electron chi connectivity index (χ3n) is 7.11. The summed E-state index contributed by atoms with van der Waals surface area (Å²) in [6.45, 7) is 6.64. The van der Waals surface area contributed by atoms with Crippen molar-refractivity contribution >= 4 is 0 Å². The van der Waals surface area contributed by atoms with Crippen LogP contribution < -0.4 is 0 Å². The Hall–Kier alpha value is -25.3. The molecule has 0 radical (unpaired) electrons. The van der Waals surface area contributed by atoms with E-state index in [2.05, 4.69) is 667 Å². The molecule has 0 aromatic heterocycles. The van der Waals surface area contributed by atoms with Crippen molar-refractivity contribution < 1.29 is 0 Å². The van der Waals surface area contributed by atoms with E-state index >= 15 is 0 Å². The topological polar surface area (TPSA) is 0 Å². The van der Waals surface area contributed by atoms with E-state index in [1.807, 2.05) is 0 Å². The molecular formula is C116H4. The molecule has 0 spiro atoms. The van der Waals surface area contributed by atoms with Crippen LogP contribution in [0, 0.1) is 0 Å². The molecule has 0 saturated heterocycles. The van der Waals surface area contributed by atoms with Crippen molar-refractivity contribution in [3.05, 3.63) is 667 Å². The Kier molecular flexibility index (Phi) is 70.1. The Morgan fingerprint density at radius 3 is 0.0948 bits per heavy atom. The van der Waals surface area contributed by atoms with Gasteiger partial charge in [0.2, 0.25) is 0 Å². The summed E-state index contributed by atoms with van der Waals surface area (Å²) >= 11 is 0. The molecule has 0 N–H and O–H groups in total. The molecule has 0 unspecified atom stereocenters. The minimum atomic E-state index is 2.37. The Bertz CT molecular complexity index is 8730. The Balaban J connectivity index is 6.19. The van der Waals surface area contributed by atoms with Gasteiger partial charge in [0.25, 0.3) is 0 Å². The van der Waals surface area contributed by atoms with Crippen molar-refractivity contribution in [3.8, 4) is 0 Å². The lowest BCUT2D eigenvalue weighted by Gasteiger charge is -1.41. The number of hydrogen-bond acceptors (Lipinski definition) is 0. The molecule has 0 aromatic carbocycles. The SMILES string of the molecule is C=C=C=C=C=C=C=C=C=C=C=C=C=C=C=C=C=C=C=C=C=C=C=C=C=C=C=C=C=C=C=C=C=C=C=C=C=C=C=C=C=C=C=C=C=C=C=C=C=C=C=C=C=C=C=C=C=C=C=C=C=C=C=C=C=C=C=C=C=C=C=C=C=C=C=C=C=C=C=C=C=C=C=C=C=C=C=C=C=C=C=C=C=C=C=C=C=C=C=C=C=C=C=C=C=C=C=C=C=C=C=C=C=C=C=C. The lowest BCUT2D eigenvalue weighted by Crippen LogP contribution is -1.26. The van der Waals surface area contributed by atoms with Crippen LogP contribution >= 0.6 is 0 Å². The first-order valence-corrected chi connectivity index (χ1v) is 29.0. The molecule has 0 heterocycles. The molecule has 0 aliphatic rings. The molecule has 0 rings (SSSR count). The first-order chi connectivity index (χ1) is 57.9. The molecule has 0 heteroatoms. The number of rotatable bonds is 0. The molecule has 0 bridgehead atoms. The normalized spacial score (nSPS) is 3.97. The summed E-state index contributed by atoms with van der Waals surface area (Å²) in [4.78, 5) is 0. The zero-order valence-corrected chi connectivity index (χ0v) is 58.4. The van der Waals surface area contributed by atoms with E-state index in [0.717, 1.165) is 0 Å². The quantitative estimate of drug-likeness (QED) is 0.212. The third-order valence-corrected chi connectivity index (χ3v) is 7.11. The highest BCUT2D eigenvalue weighted by atomic mass is 13.5.